The average molecular weight is 357 g/mol. The van der Waals surface area contributed by atoms with Crippen molar-refractivity contribution < 1.29 is 28.6 Å². The summed E-state index contributed by atoms with van der Waals surface area (Å²) in [6.45, 7) is -0.139. The molecule has 0 aromatic heterocycles. The normalized spacial score (nSPS) is 10.2. The van der Waals surface area contributed by atoms with Gasteiger partial charge in [0.15, 0.2) is 0 Å². The van der Waals surface area contributed by atoms with E-state index in [9.17, 15) is 14.4 Å². The fraction of sp³-hybridized carbons (Fsp3) is 0.214. The van der Waals surface area contributed by atoms with Gasteiger partial charge in [-0.15, -0.1) is 0 Å². The zero-order valence-electron chi connectivity index (χ0n) is 11.2. The molecule has 0 atom stereocenters. The van der Waals surface area contributed by atoms with E-state index < -0.39 is 17.9 Å². The molecule has 0 aliphatic carbocycles. The van der Waals surface area contributed by atoms with Crippen LogP contribution in [0.2, 0.25) is 0 Å². The third kappa shape index (κ3) is 7.26. The molecule has 0 spiro atoms. The Morgan fingerprint density at radius 2 is 1.71 bits per heavy atom. The quantitative estimate of drug-likeness (QED) is 0.440. The second-order valence-electron chi connectivity index (χ2n) is 3.70. The van der Waals surface area contributed by atoms with Crippen LogP contribution in [0.3, 0.4) is 0 Å². The van der Waals surface area contributed by atoms with Crippen molar-refractivity contribution in [3.63, 3.8) is 0 Å². The first-order chi connectivity index (χ1) is 10.0. The number of carbonyl (C=O) groups excluding carboxylic acids is 3. The lowest BCUT2D eigenvalue weighted by Crippen LogP contribution is -2.13. The van der Waals surface area contributed by atoms with Crippen molar-refractivity contribution in [2.75, 3.05) is 13.7 Å². The molecule has 0 radical (unpaired) electrons. The van der Waals surface area contributed by atoms with E-state index in [0.717, 1.165) is 16.6 Å². The van der Waals surface area contributed by atoms with Crippen LogP contribution in [0.1, 0.15) is 6.42 Å². The number of rotatable bonds is 6. The van der Waals surface area contributed by atoms with E-state index in [1.807, 2.05) is 0 Å². The van der Waals surface area contributed by atoms with Gasteiger partial charge in [0.1, 0.15) is 12.4 Å². The number of esters is 3. The van der Waals surface area contributed by atoms with Crippen LogP contribution in [0.15, 0.2) is 40.9 Å². The van der Waals surface area contributed by atoms with E-state index in [4.69, 9.17) is 9.47 Å². The molecule has 1 aromatic rings. The van der Waals surface area contributed by atoms with Crippen molar-refractivity contribution in [2.45, 2.75) is 6.42 Å². The fourth-order valence-electron chi connectivity index (χ4n) is 1.17. The predicted octanol–water partition coefficient (Wildman–Crippen LogP) is 2.02. The van der Waals surface area contributed by atoms with Gasteiger partial charge in [-0.2, -0.15) is 0 Å². The van der Waals surface area contributed by atoms with Crippen LogP contribution in [0.25, 0.3) is 0 Å². The van der Waals surface area contributed by atoms with Crippen LogP contribution < -0.4 is 4.74 Å². The molecule has 1 aromatic carbocycles. The van der Waals surface area contributed by atoms with E-state index in [1.165, 1.54) is 7.11 Å². The lowest BCUT2D eigenvalue weighted by Gasteiger charge is -2.04. The first-order valence-electron chi connectivity index (χ1n) is 5.90. The number of carbonyl (C=O) groups is 3. The van der Waals surface area contributed by atoms with Crippen molar-refractivity contribution >= 4 is 33.8 Å². The van der Waals surface area contributed by atoms with E-state index in [0.29, 0.717) is 5.75 Å². The Kier molecular flexibility index (Phi) is 7.17. The lowest BCUT2D eigenvalue weighted by molar-refractivity contribution is -0.142. The van der Waals surface area contributed by atoms with E-state index >= 15 is 0 Å². The smallest absolute Gasteiger partial charge is 0.331 e. The van der Waals surface area contributed by atoms with Crippen LogP contribution in [-0.2, 0) is 23.9 Å². The maximum Gasteiger partial charge on any atom is 0.331 e. The summed E-state index contributed by atoms with van der Waals surface area (Å²) in [5, 5.41) is 0. The molecule has 0 N–H and O–H groups in total. The molecule has 0 bridgehead atoms. The Morgan fingerprint density at radius 3 is 2.33 bits per heavy atom. The number of halogens is 1. The van der Waals surface area contributed by atoms with Gasteiger partial charge in [-0.25, -0.2) is 9.59 Å². The van der Waals surface area contributed by atoms with Gasteiger partial charge < -0.3 is 14.2 Å². The monoisotopic (exact) mass is 356 g/mol. The number of hydrogen-bond donors (Lipinski definition) is 0. The van der Waals surface area contributed by atoms with Crippen LogP contribution in [0.4, 0.5) is 0 Å². The molecule has 1 rings (SSSR count). The van der Waals surface area contributed by atoms with Crippen molar-refractivity contribution in [3.05, 3.63) is 40.9 Å². The fourth-order valence-corrected chi connectivity index (χ4v) is 1.44. The Labute approximate surface area is 129 Å². The second kappa shape index (κ2) is 8.91. The summed E-state index contributed by atoms with van der Waals surface area (Å²) < 4.78 is 14.9. The van der Waals surface area contributed by atoms with Crippen molar-refractivity contribution in [2.24, 2.45) is 0 Å². The SMILES string of the molecule is COC(=O)/C=C/C(=O)OCCC(=O)Oc1ccc(Br)cc1. The summed E-state index contributed by atoms with van der Waals surface area (Å²) in [7, 11) is 1.19. The third-order valence-electron chi connectivity index (χ3n) is 2.15. The largest absolute Gasteiger partial charge is 0.466 e. The van der Waals surface area contributed by atoms with E-state index in [-0.39, 0.29) is 13.0 Å². The van der Waals surface area contributed by atoms with E-state index in [2.05, 4.69) is 20.7 Å². The van der Waals surface area contributed by atoms with Crippen molar-refractivity contribution in [3.8, 4) is 5.75 Å². The first kappa shape index (κ1) is 16.9. The summed E-state index contributed by atoms with van der Waals surface area (Å²) in [6.07, 6.45) is 1.77. The van der Waals surface area contributed by atoms with Crippen molar-refractivity contribution in [1.29, 1.82) is 0 Å². The van der Waals surface area contributed by atoms with Crippen LogP contribution >= 0.6 is 15.9 Å². The second-order valence-corrected chi connectivity index (χ2v) is 4.62. The number of methoxy groups -OCH3 is 1. The molecule has 21 heavy (non-hydrogen) atoms. The average Bonchev–Trinajstić information content (AvgIpc) is 2.47. The minimum absolute atomic E-state index is 0.0894. The van der Waals surface area contributed by atoms with Gasteiger partial charge in [-0.1, -0.05) is 15.9 Å². The highest BCUT2D eigenvalue weighted by Gasteiger charge is 2.07. The van der Waals surface area contributed by atoms with E-state index in [1.54, 1.807) is 24.3 Å². The summed E-state index contributed by atoms with van der Waals surface area (Å²) in [4.78, 5) is 33.4. The molecule has 0 fully saturated rings. The number of ether oxygens (including phenoxy) is 3. The first-order valence-corrected chi connectivity index (χ1v) is 6.69. The van der Waals surface area contributed by atoms with Gasteiger partial charge in [0.2, 0.25) is 0 Å². The Bertz CT molecular complexity index is 535. The molecule has 0 aliphatic rings. The molecule has 112 valence electrons. The molecule has 0 aliphatic heterocycles. The zero-order chi connectivity index (χ0) is 15.7. The molecule has 6 nitrogen and oxygen atoms in total. The summed E-state index contributed by atoms with van der Waals surface area (Å²) >= 11 is 3.26. The van der Waals surface area contributed by atoms with Crippen LogP contribution in [0.5, 0.6) is 5.75 Å². The molecule has 0 heterocycles. The van der Waals surface area contributed by atoms with Gasteiger partial charge in [0.25, 0.3) is 0 Å². The maximum absolute atomic E-state index is 11.5. The molecule has 0 saturated carbocycles. The summed E-state index contributed by atoms with van der Waals surface area (Å²) in [5.41, 5.74) is 0. The molecule has 0 amide bonds. The topological polar surface area (TPSA) is 78.9 Å². The number of hydrogen-bond acceptors (Lipinski definition) is 6. The predicted molar refractivity (Wildman–Crippen MR) is 76.5 cm³/mol. The van der Waals surface area contributed by atoms with Gasteiger partial charge in [-0.05, 0) is 24.3 Å². The van der Waals surface area contributed by atoms with Crippen LogP contribution in [0, 0.1) is 0 Å². The molecule has 0 unspecified atom stereocenters. The van der Waals surface area contributed by atoms with Gasteiger partial charge >= 0.3 is 17.9 Å². The summed E-state index contributed by atoms with van der Waals surface area (Å²) in [6, 6.07) is 6.74. The highest BCUT2D eigenvalue weighted by Crippen LogP contribution is 2.16. The van der Waals surface area contributed by atoms with Crippen LogP contribution in [-0.4, -0.2) is 31.6 Å². The van der Waals surface area contributed by atoms with Gasteiger partial charge in [0, 0.05) is 16.6 Å². The minimum Gasteiger partial charge on any atom is -0.466 e. The number of benzene rings is 1. The van der Waals surface area contributed by atoms with Gasteiger partial charge in [0.05, 0.1) is 13.5 Å². The highest BCUT2D eigenvalue weighted by atomic mass is 79.9. The lowest BCUT2D eigenvalue weighted by atomic mass is 10.3. The Morgan fingerprint density at radius 1 is 1.10 bits per heavy atom. The molecule has 0 saturated heterocycles. The third-order valence-corrected chi connectivity index (χ3v) is 2.68. The minimum atomic E-state index is -0.739. The molecular weight excluding hydrogens is 344 g/mol. The molecular formula is C14H13BrO6. The maximum atomic E-state index is 11.5. The summed E-state index contributed by atoms with van der Waals surface area (Å²) in [5.74, 6) is -1.53. The molecule has 7 heteroatoms. The highest BCUT2D eigenvalue weighted by molar-refractivity contribution is 9.10. The zero-order valence-corrected chi connectivity index (χ0v) is 12.8. The standard InChI is InChI=1S/C14H13BrO6/c1-19-12(16)6-7-13(17)20-9-8-14(18)21-11-4-2-10(15)3-5-11/h2-7H,8-9H2,1H3/b7-6+. The Balaban J connectivity index is 2.27. The Hall–Kier alpha value is -2.15. The van der Waals surface area contributed by atoms with Crippen molar-refractivity contribution in [1.82, 2.24) is 0 Å². The van der Waals surface area contributed by atoms with Gasteiger partial charge in [-0.3, -0.25) is 4.79 Å².